The van der Waals surface area contributed by atoms with Crippen molar-refractivity contribution in [1.82, 2.24) is 0 Å². The summed E-state index contributed by atoms with van der Waals surface area (Å²) in [7, 11) is 0. The lowest BCUT2D eigenvalue weighted by Gasteiger charge is -2.25. The summed E-state index contributed by atoms with van der Waals surface area (Å²) in [5.41, 5.74) is 4.68. The highest BCUT2D eigenvalue weighted by molar-refractivity contribution is 5.85. The van der Waals surface area contributed by atoms with E-state index >= 15 is 0 Å². The molecule has 1 rings (SSSR count). The number of carboxylic acids is 1. The van der Waals surface area contributed by atoms with Crippen molar-refractivity contribution in [1.29, 1.82) is 0 Å². The molecular weight excluding hydrogens is 245 g/mol. The molecule has 96 valence electrons. The Kier molecular flexibility index (Phi) is 6.13. The van der Waals surface area contributed by atoms with Crippen LogP contribution in [0.4, 0.5) is 4.39 Å². The third-order valence-corrected chi connectivity index (χ3v) is 2.65. The predicted molar refractivity (Wildman–Crippen MR) is 66.7 cm³/mol. The van der Waals surface area contributed by atoms with E-state index in [1.54, 1.807) is 6.07 Å². The Morgan fingerprint density at radius 1 is 1.53 bits per heavy atom. The van der Waals surface area contributed by atoms with Crippen LogP contribution in [0.1, 0.15) is 31.7 Å². The van der Waals surface area contributed by atoms with Gasteiger partial charge in [0.2, 0.25) is 0 Å². The van der Waals surface area contributed by atoms with Crippen LogP contribution in [0.25, 0.3) is 0 Å². The van der Waals surface area contributed by atoms with E-state index in [9.17, 15) is 9.18 Å². The van der Waals surface area contributed by atoms with Crippen LogP contribution < -0.4 is 5.73 Å². The van der Waals surface area contributed by atoms with E-state index in [2.05, 4.69) is 0 Å². The van der Waals surface area contributed by atoms with E-state index in [1.165, 1.54) is 18.2 Å². The summed E-state index contributed by atoms with van der Waals surface area (Å²) in [5, 5.41) is 9.16. The zero-order valence-corrected chi connectivity index (χ0v) is 10.5. The molecule has 0 heterocycles. The van der Waals surface area contributed by atoms with E-state index in [0.717, 1.165) is 6.42 Å². The second kappa shape index (κ2) is 6.57. The Bertz CT molecular complexity index is 387. The first-order valence-corrected chi connectivity index (χ1v) is 5.29. The Hall–Kier alpha value is -1.13. The summed E-state index contributed by atoms with van der Waals surface area (Å²) in [6.45, 7) is 1.95. The van der Waals surface area contributed by atoms with Gasteiger partial charge in [0, 0.05) is 0 Å². The fourth-order valence-electron chi connectivity index (χ4n) is 1.60. The molecule has 0 saturated carbocycles. The van der Waals surface area contributed by atoms with Crippen molar-refractivity contribution in [3.05, 3.63) is 35.6 Å². The molecule has 0 unspecified atom stereocenters. The first-order chi connectivity index (χ1) is 7.50. The van der Waals surface area contributed by atoms with Crippen LogP contribution in [0.3, 0.4) is 0 Å². The van der Waals surface area contributed by atoms with E-state index in [1.807, 2.05) is 6.92 Å². The Labute approximate surface area is 106 Å². The fourth-order valence-corrected chi connectivity index (χ4v) is 1.60. The van der Waals surface area contributed by atoms with Crippen LogP contribution in [-0.4, -0.2) is 11.1 Å². The number of carboxylic acid groups (broad SMARTS) is 1. The van der Waals surface area contributed by atoms with Gasteiger partial charge in [0.05, 0.1) is 0 Å². The van der Waals surface area contributed by atoms with Crippen molar-refractivity contribution < 1.29 is 14.3 Å². The molecule has 0 aliphatic carbocycles. The van der Waals surface area contributed by atoms with Crippen LogP contribution in [-0.2, 0) is 10.3 Å². The number of aliphatic carboxylic acids is 1. The molecule has 0 fully saturated rings. The molecule has 0 bridgehead atoms. The second-order valence-electron chi connectivity index (χ2n) is 3.89. The van der Waals surface area contributed by atoms with Gasteiger partial charge in [-0.3, -0.25) is 0 Å². The Morgan fingerprint density at radius 3 is 2.65 bits per heavy atom. The maximum atomic E-state index is 13.0. The smallest absolute Gasteiger partial charge is 0.328 e. The van der Waals surface area contributed by atoms with Crippen LogP contribution in [0.5, 0.6) is 0 Å². The molecule has 1 aromatic rings. The average Bonchev–Trinajstić information content (AvgIpc) is 2.25. The summed E-state index contributed by atoms with van der Waals surface area (Å²) in [6, 6.07) is 5.48. The summed E-state index contributed by atoms with van der Waals surface area (Å²) >= 11 is 0. The molecular formula is C12H17ClFNO2. The number of hydrogen-bond donors (Lipinski definition) is 2. The van der Waals surface area contributed by atoms with Gasteiger partial charge in [0.1, 0.15) is 11.4 Å². The molecule has 1 aromatic carbocycles. The van der Waals surface area contributed by atoms with Crippen LogP contribution in [0, 0.1) is 5.82 Å². The molecule has 0 aliphatic rings. The third kappa shape index (κ3) is 3.68. The lowest BCUT2D eigenvalue weighted by atomic mass is 9.86. The minimum atomic E-state index is -1.49. The minimum absolute atomic E-state index is 0. The standard InChI is InChI=1S/C12H16FNO2.ClH/c1-2-3-7-12(14,11(15)16)9-5-4-6-10(13)8-9;/h4-6,8H,2-3,7,14H2,1H3,(H,15,16);1H/t12-;/m0./s1. The SMILES string of the molecule is CCCC[C@@](N)(C(=O)O)c1cccc(F)c1.Cl. The average molecular weight is 262 g/mol. The highest BCUT2D eigenvalue weighted by atomic mass is 35.5. The quantitative estimate of drug-likeness (QED) is 0.857. The van der Waals surface area contributed by atoms with Gasteiger partial charge in [-0.25, -0.2) is 9.18 Å². The number of hydrogen-bond acceptors (Lipinski definition) is 2. The first kappa shape index (κ1) is 15.9. The number of nitrogens with two attached hydrogens (primary N) is 1. The number of halogens is 2. The Morgan fingerprint density at radius 2 is 2.18 bits per heavy atom. The summed E-state index contributed by atoms with van der Waals surface area (Å²) < 4.78 is 13.0. The molecule has 0 aliphatic heterocycles. The number of rotatable bonds is 5. The molecule has 3 N–H and O–H groups in total. The number of unbranched alkanes of at least 4 members (excludes halogenated alkanes) is 1. The van der Waals surface area contributed by atoms with Crippen molar-refractivity contribution in [2.45, 2.75) is 31.7 Å². The Balaban J connectivity index is 0.00000256. The molecule has 17 heavy (non-hydrogen) atoms. The largest absolute Gasteiger partial charge is 0.480 e. The summed E-state index contributed by atoms with van der Waals surface area (Å²) in [5.74, 6) is -1.59. The summed E-state index contributed by atoms with van der Waals surface area (Å²) in [6.07, 6.45) is 1.85. The van der Waals surface area contributed by atoms with Gasteiger partial charge >= 0.3 is 5.97 Å². The predicted octanol–water partition coefficient (Wildman–Crippen LogP) is 2.68. The van der Waals surface area contributed by atoms with Gasteiger partial charge in [-0.05, 0) is 24.1 Å². The molecule has 0 radical (unpaired) electrons. The van der Waals surface area contributed by atoms with E-state index in [-0.39, 0.29) is 12.4 Å². The van der Waals surface area contributed by atoms with Crippen molar-refractivity contribution in [2.75, 3.05) is 0 Å². The van der Waals surface area contributed by atoms with Gasteiger partial charge < -0.3 is 10.8 Å². The first-order valence-electron chi connectivity index (χ1n) is 5.29. The van der Waals surface area contributed by atoms with Gasteiger partial charge in [0.15, 0.2) is 0 Å². The lowest BCUT2D eigenvalue weighted by Crippen LogP contribution is -2.44. The molecule has 0 spiro atoms. The monoisotopic (exact) mass is 261 g/mol. The molecule has 0 amide bonds. The lowest BCUT2D eigenvalue weighted by molar-refractivity contribution is -0.144. The molecule has 1 atom stereocenters. The van der Waals surface area contributed by atoms with Crippen molar-refractivity contribution >= 4 is 18.4 Å². The van der Waals surface area contributed by atoms with E-state index < -0.39 is 17.3 Å². The summed E-state index contributed by atoms with van der Waals surface area (Å²) in [4.78, 5) is 11.2. The number of carbonyl (C=O) groups is 1. The molecule has 5 heteroatoms. The van der Waals surface area contributed by atoms with Crippen molar-refractivity contribution in [3.63, 3.8) is 0 Å². The van der Waals surface area contributed by atoms with Crippen molar-refractivity contribution in [2.24, 2.45) is 5.73 Å². The van der Waals surface area contributed by atoms with E-state index in [4.69, 9.17) is 10.8 Å². The molecule has 0 saturated heterocycles. The van der Waals surface area contributed by atoms with Gasteiger partial charge in [-0.15, -0.1) is 12.4 Å². The van der Waals surface area contributed by atoms with Gasteiger partial charge in [-0.1, -0.05) is 31.9 Å². The zero-order chi connectivity index (χ0) is 12.2. The van der Waals surface area contributed by atoms with E-state index in [0.29, 0.717) is 18.4 Å². The zero-order valence-electron chi connectivity index (χ0n) is 9.65. The maximum absolute atomic E-state index is 13.0. The molecule has 3 nitrogen and oxygen atoms in total. The van der Waals surface area contributed by atoms with Gasteiger partial charge in [-0.2, -0.15) is 0 Å². The fraction of sp³-hybridized carbons (Fsp3) is 0.417. The van der Waals surface area contributed by atoms with Crippen LogP contribution >= 0.6 is 12.4 Å². The number of benzene rings is 1. The minimum Gasteiger partial charge on any atom is -0.480 e. The van der Waals surface area contributed by atoms with Crippen LogP contribution in [0.2, 0.25) is 0 Å². The van der Waals surface area contributed by atoms with Crippen molar-refractivity contribution in [3.8, 4) is 0 Å². The molecule has 0 aromatic heterocycles. The highest BCUT2D eigenvalue weighted by Crippen LogP contribution is 2.25. The maximum Gasteiger partial charge on any atom is 0.328 e. The van der Waals surface area contributed by atoms with Gasteiger partial charge in [0.25, 0.3) is 0 Å². The van der Waals surface area contributed by atoms with Crippen LogP contribution in [0.15, 0.2) is 24.3 Å². The topological polar surface area (TPSA) is 63.3 Å². The highest BCUT2D eigenvalue weighted by Gasteiger charge is 2.35. The third-order valence-electron chi connectivity index (χ3n) is 2.65. The normalized spacial score (nSPS) is 13.6. The second-order valence-corrected chi connectivity index (χ2v) is 3.89.